The fraction of sp³-hybridized carbons (Fsp3) is 0.0833. The highest BCUT2D eigenvalue weighted by Gasteiger charge is 2.05. The number of hydrogen-bond donors (Lipinski definition) is 0. The second-order valence-corrected chi connectivity index (χ2v) is 6.55. The summed E-state index contributed by atoms with van der Waals surface area (Å²) < 4.78 is 1.88. The van der Waals surface area contributed by atoms with Crippen molar-refractivity contribution in [3.8, 4) is 29.2 Å². The van der Waals surface area contributed by atoms with E-state index in [-0.39, 0.29) is 0 Å². The first-order valence-electron chi connectivity index (χ1n) is 8.71. The molecule has 2 aromatic heterocycles. The van der Waals surface area contributed by atoms with Gasteiger partial charge in [-0.2, -0.15) is 5.26 Å². The number of aromatic nitrogens is 2. The maximum Gasteiger partial charge on any atom is 0.137 e. The number of nitrogens with zero attached hydrogens (tertiary/aromatic N) is 3. The van der Waals surface area contributed by atoms with Crippen LogP contribution in [0.5, 0.6) is 0 Å². The van der Waals surface area contributed by atoms with Crippen molar-refractivity contribution in [3.63, 3.8) is 0 Å². The van der Waals surface area contributed by atoms with E-state index in [1.54, 1.807) is 12.3 Å². The van der Waals surface area contributed by atoms with Gasteiger partial charge in [-0.1, -0.05) is 30.0 Å². The number of rotatable bonds is 1. The lowest BCUT2D eigenvalue weighted by Crippen LogP contribution is -1.83. The molecule has 3 nitrogen and oxygen atoms in total. The van der Waals surface area contributed by atoms with Crippen LogP contribution in [0.1, 0.15) is 27.8 Å². The van der Waals surface area contributed by atoms with Crippen LogP contribution in [0.2, 0.25) is 0 Å². The quantitative estimate of drug-likeness (QED) is 0.460. The van der Waals surface area contributed by atoms with Crippen LogP contribution < -0.4 is 0 Å². The molecule has 4 rings (SSSR count). The molecular weight excluding hydrogens is 330 g/mol. The van der Waals surface area contributed by atoms with E-state index >= 15 is 0 Å². The first-order chi connectivity index (χ1) is 13.1. The van der Waals surface area contributed by atoms with E-state index in [0.717, 1.165) is 28.0 Å². The third kappa shape index (κ3) is 3.45. The standard InChI is InChI=1S/C24H17N3/c1-17-3-4-20(13-18(17)2)6-5-19-7-10-22(11-8-19)23-16-27-15-21(14-25)9-12-24(27)26-23/h3-4,7-13,15-16H,1-2H3. The molecule has 0 bridgehead atoms. The Bertz CT molecular complexity index is 1240. The molecule has 0 atom stereocenters. The lowest BCUT2D eigenvalue weighted by atomic mass is 10.1. The Morgan fingerprint density at radius 3 is 2.22 bits per heavy atom. The van der Waals surface area contributed by atoms with E-state index in [0.29, 0.717) is 5.56 Å². The number of fused-ring (bicyclic) bond motifs is 1. The van der Waals surface area contributed by atoms with Gasteiger partial charge in [0.2, 0.25) is 0 Å². The number of aryl methyl sites for hydroxylation is 2. The number of hydrogen-bond acceptors (Lipinski definition) is 2. The molecule has 2 aromatic carbocycles. The Balaban J connectivity index is 1.60. The van der Waals surface area contributed by atoms with E-state index in [1.807, 2.05) is 40.9 Å². The summed E-state index contributed by atoms with van der Waals surface area (Å²) in [4.78, 5) is 4.62. The fourth-order valence-corrected chi connectivity index (χ4v) is 2.88. The first kappa shape index (κ1) is 16.6. The Kier molecular flexibility index (Phi) is 4.21. The number of pyridine rings is 1. The van der Waals surface area contributed by atoms with Crippen LogP contribution in [0.3, 0.4) is 0 Å². The maximum absolute atomic E-state index is 9.02. The van der Waals surface area contributed by atoms with Gasteiger partial charge < -0.3 is 4.40 Å². The summed E-state index contributed by atoms with van der Waals surface area (Å²) in [5.41, 5.74) is 7.85. The van der Waals surface area contributed by atoms with E-state index in [1.165, 1.54) is 11.1 Å². The van der Waals surface area contributed by atoms with Crippen LogP contribution in [0.15, 0.2) is 67.0 Å². The van der Waals surface area contributed by atoms with Crippen molar-refractivity contribution < 1.29 is 0 Å². The minimum atomic E-state index is 0.614. The predicted molar refractivity (Wildman–Crippen MR) is 107 cm³/mol. The molecule has 0 aliphatic heterocycles. The van der Waals surface area contributed by atoms with Gasteiger partial charge in [0, 0.05) is 29.1 Å². The van der Waals surface area contributed by atoms with Crippen molar-refractivity contribution in [1.29, 1.82) is 5.26 Å². The molecule has 0 saturated carbocycles. The van der Waals surface area contributed by atoms with Gasteiger partial charge in [0.05, 0.1) is 11.3 Å². The van der Waals surface area contributed by atoms with Gasteiger partial charge in [0.25, 0.3) is 0 Å². The molecule has 0 saturated heterocycles. The van der Waals surface area contributed by atoms with Gasteiger partial charge in [-0.15, -0.1) is 0 Å². The lowest BCUT2D eigenvalue weighted by molar-refractivity contribution is 1.17. The van der Waals surface area contributed by atoms with Crippen molar-refractivity contribution in [2.24, 2.45) is 0 Å². The normalized spacial score (nSPS) is 10.3. The topological polar surface area (TPSA) is 41.1 Å². The first-order valence-corrected chi connectivity index (χ1v) is 8.71. The Morgan fingerprint density at radius 2 is 1.48 bits per heavy atom. The molecule has 0 aliphatic carbocycles. The van der Waals surface area contributed by atoms with Crippen LogP contribution in [-0.2, 0) is 0 Å². The number of benzene rings is 2. The molecule has 0 amide bonds. The monoisotopic (exact) mass is 347 g/mol. The van der Waals surface area contributed by atoms with Crippen molar-refractivity contribution in [2.75, 3.05) is 0 Å². The van der Waals surface area contributed by atoms with Crippen LogP contribution in [0.25, 0.3) is 16.9 Å². The molecule has 2 heterocycles. The second-order valence-electron chi connectivity index (χ2n) is 6.55. The minimum Gasteiger partial charge on any atom is -0.305 e. The Hall–Kier alpha value is -3.82. The third-order valence-corrected chi connectivity index (χ3v) is 4.62. The zero-order valence-electron chi connectivity index (χ0n) is 15.2. The summed E-state index contributed by atoms with van der Waals surface area (Å²) in [6.07, 6.45) is 3.72. The van der Waals surface area contributed by atoms with Crippen molar-refractivity contribution >= 4 is 5.65 Å². The van der Waals surface area contributed by atoms with Gasteiger partial charge >= 0.3 is 0 Å². The molecule has 4 aromatic rings. The highest BCUT2D eigenvalue weighted by molar-refractivity contribution is 5.64. The Labute approximate surface area is 158 Å². The molecule has 0 aliphatic rings. The molecule has 0 fully saturated rings. The lowest BCUT2D eigenvalue weighted by Gasteiger charge is -1.99. The molecule has 0 unspecified atom stereocenters. The summed E-state index contributed by atoms with van der Waals surface area (Å²) in [5, 5.41) is 9.02. The third-order valence-electron chi connectivity index (χ3n) is 4.62. The molecule has 0 spiro atoms. The van der Waals surface area contributed by atoms with Gasteiger partial charge in [-0.3, -0.25) is 0 Å². The largest absolute Gasteiger partial charge is 0.305 e. The molecule has 128 valence electrons. The summed E-state index contributed by atoms with van der Waals surface area (Å²) >= 11 is 0. The van der Waals surface area contributed by atoms with E-state index in [4.69, 9.17) is 5.26 Å². The minimum absolute atomic E-state index is 0.614. The summed E-state index contributed by atoms with van der Waals surface area (Å²) in [6, 6.07) is 20.1. The number of imidazole rings is 1. The average Bonchev–Trinajstić information content (AvgIpc) is 3.12. The van der Waals surface area contributed by atoms with Crippen molar-refractivity contribution in [2.45, 2.75) is 13.8 Å². The zero-order chi connectivity index (χ0) is 18.8. The Morgan fingerprint density at radius 1 is 0.778 bits per heavy atom. The van der Waals surface area contributed by atoms with Gasteiger partial charge in [-0.05, 0) is 61.4 Å². The van der Waals surface area contributed by atoms with Crippen LogP contribution in [-0.4, -0.2) is 9.38 Å². The summed E-state index contributed by atoms with van der Waals surface area (Å²) in [7, 11) is 0. The van der Waals surface area contributed by atoms with Crippen molar-refractivity contribution in [3.05, 3.63) is 94.8 Å². The summed E-state index contributed by atoms with van der Waals surface area (Å²) in [6.45, 7) is 4.20. The molecule has 27 heavy (non-hydrogen) atoms. The van der Waals surface area contributed by atoms with E-state index in [9.17, 15) is 0 Å². The summed E-state index contributed by atoms with van der Waals surface area (Å²) in [5.74, 6) is 6.44. The maximum atomic E-state index is 9.02. The molecule has 0 N–H and O–H groups in total. The van der Waals surface area contributed by atoms with Crippen LogP contribution in [0.4, 0.5) is 0 Å². The fourth-order valence-electron chi connectivity index (χ4n) is 2.88. The molecule has 3 heteroatoms. The second kappa shape index (κ2) is 6.83. The van der Waals surface area contributed by atoms with Gasteiger partial charge in [0.1, 0.15) is 11.7 Å². The predicted octanol–water partition coefficient (Wildman–Crippen LogP) is 4.89. The van der Waals surface area contributed by atoms with Crippen molar-refractivity contribution in [1.82, 2.24) is 9.38 Å². The van der Waals surface area contributed by atoms with E-state index < -0.39 is 0 Å². The smallest absolute Gasteiger partial charge is 0.137 e. The van der Waals surface area contributed by atoms with Gasteiger partial charge in [0.15, 0.2) is 0 Å². The average molecular weight is 347 g/mol. The highest BCUT2D eigenvalue weighted by atomic mass is 15.0. The SMILES string of the molecule is Cc1ccc(C#Cc2ccc(-c3cn4cc(C#N)ccc4n3)cc2)cc1C. The molecule has 0 radical (unpaired) electrons. The van der Waals surface area contributed by atoms with Crippen LogP contribution >= 0.6 is 0 Å². The van der Waals surface area contributed by atoms with Crippen LogP contribution in [0, 0.1) is 37.0 Å². The zero-order valence-corrected chi connectivity index (χ0v) is 15.2. The number of nitriles is 1. The van der Waals surface area contributed by atoms with Gasteiger partial charge in [-0.25, -0.2) is 4.98 Å². The molecular formula is C24H17N3. The van der Waals surface area contributed by atoms with E-state index in [2.05, 4.69) is 54.9 Å². The highest BCUT2D eigenvalue weighted by Crippen LogP contribution is 2.20.